The van der Waals surface area contributed by atoms with E-state index < -0.39 is 21.7 Å². The van der Waals surface area contributed by atoms with Gasteiger partial charge in [-0.1, -0.05) is 315 Å². The predicted molar refractivity (Wildman–Crippen MR) is 418 cm³/mol. The molecule has 0 fully saturated rings. The summed E-state index contributed by atoms with van der Waals surface area (Å²) in [5.74, 6) is 0. The zero-order chi connectivity index (χ0) is 66.9. The summed E-state index contributed by atoms with van der Waals surface area (Å²) in [5, 5.41) is 0. The van der Waals surface area contributed by atoms with Crippen LogP contribution < -0.4 is 9.80 Å². The van der Waals surface area contributed by atoms with Gasteiger partial charge in [-0.05, 0) is 217 Å². The first-order valence-electron chi connectivity index (χ1n) is 35.8. The van der Waals surface area contributed by atoms with E-state index in [-0.39, 0.29) is 0 Å². The molecule has 4 spiro atoms. The zero-order valence-electron chi connectivity index (χ0n) is 55.8. The smallest absolute Gasteiger partial charge is 0.0720 e. The van der Waals surface area contributed by atoms with E-state index in [1.165, 1.54) is 134 Å². The molecule has 16 aromatic rings. The Morgan fingerprint density at radius 2 is 0.304 bits per heavy atom. The number of hydrogen-bond acceptors (Lipinski definition) is 2. The van der Waals surface area contributed by atoms with Crippen LogP contribution in [0.5, 0.6) is 0 Å². The van der Waals surface area contributed by atoms with Gasteiger partial charge in [-0.25, -0.2) is 0 Å². The van der Waals surface area contributed by atoms with Crippen LogP contribution in [-0.2, 0) is 21.7 Å². The number of anilines is 6. The third-order valence-electron chi connectivity index (χ3n) is 24.0. The zero-order valence-corrected chi connectivity index (χ0v) is 55.8. The summed E-state index contributed by atoms with van der Waals surface area (Å²) < 4.78 is 0. The third-order valence-corrected chi connectivity index (χ3v) is 24.0. The van der Waals surface area contributed by atoms with Crippen LogP contribution in [0.2, 0.25) is 0 Å². The molecule has 22 rings (SSSR count). The number of hydrogen-bond donors (Lipinski definition) is 0. The Morgan fingerprint density at radius 1 is 0.127 bits per heavy atom. The average molecular weight is 1290 g/mol. The van der Waals surface area contributed by atoms with E-state index in [4.69, 9.17) is 0 Å². The first-order chi connectivity index (χ1) is 50.6. The molecule has 0 saturated heterocycles. The molecule has 0 aliphatic heterocycles. The van der Waals surface area contributed by atoms with Gasteiger partial charge in [-0.2, -0.15) is 0 Å². The van der Waals surface area contributed by atoms with E-state index in [1.807, 2.05) is 0 Å². The van der Waals surface area contributed by atoms with Crippen molar-refractivity contribution in [1.29, 1.82) is 0 Å². The van der Waals surface area contributed by atoms with Crippen LogP contribution in [0.3, 0.4) is 0 Å². The fourth-order valence-corrected chi connectivity index (χ4v) is 20.4. The van der Waals surface area contributed by atoms with Crippen molar-refractivity contribution in [2.45, 2.75) is 21.7 Å². The molecular formula is C100H64N2. The molecule has 0 heterocycles. The monoisotopic (exact) mass is 1290 g/mol. The first kappa shape index (κ1) is 57.1. The fourth-order valence-electron chi connectivity index (χ4n) is 20.4. The Bertz CT molecular complexity index is 5600. The Kier molecular flexibility index (Phi) is 11.9. The summed E-state index contributed by atoms with van der Waals surface area (Å²) in [6.07, 6.45) is 0. The summed E-state index contributed by atoms with van der Waals surface area (Å²) in [6.45, 7) is 0. The minimum atomic E-state index is -0.623. The third kappa shape index (κ3) is 7.22. The molecule has 2 heteroatoms. The highest BCUT2D eigenvalue weighted by Crippen LogP contribution is 2.70. The number of rotatable bonds is 7. The van der Waals surface area contributed by atoms with E-state index in [1.54, 1.807) is 0 Å². The van der Waals surface area contributed by atoms with Crippen molar-refractivity contribution >= 4 is 34.1 Å². The minimum Gasteiger partial charge on any atom is -0.310 e. The van der Waals surface area contributed by atoms with Crippen LogP contribution in [0.15, 0.2) is 388 Å². The van der Waals surface area contributed by atoms with Crippen LogP contribution in [0.4, 0.5) is 34.1 Å². The average Bonchev–Trinajstić information content (AvgIpc) is 1.45. The first-order valence-corrected chi connectivity index (χ1v) is 35.8. The van der Waals surface area contributed by atoms with Crippen LogP contribution in [-0.4, -0.2) is 0 Å². The van der Waals surface area contributed by atoms with E-state index >= 15 is 0 Å². The van der Waals surface area contributed by atoms with Crippen LogP contribution in [0.25, 0.3) is 55.6 Å². The largest absolute Gasteiger partial charge is 0.310 e. The molecule has 0 N–H and O–H groups in total. The molecule has 0 atom stereocenters. The quantitative estimate of drug-likeness (QED) is 0.157. The lowest BCUT2D eigenvalue weighted by Crippen LogP contribution is -2.43. The Balaban J connectivity index is 0.693. The Labute approximate surface area is 594 Å². The van der Waals surface area contributed by atoms with Gasteiger partial charge in [0.1, 0.15) is 0 Å². The maximum absolute atomic E-state index is 2.56. The van der Waals surface area contributed by atoms with E-state index in [0.29, 0.717) is 0 Å². The number of benzene rings is 16. The van der Waals surface area contributed by atoms with Crippen molar-refractivity contribution in [2.75, 3.05) is 9.80 Å². The van der Waals surface area contributed by atoms with Crippen molar-refractivity contribution in [3.63, 3.8) is 0 Å². The standard InChI is InChI=1S/C100H64N2/c1-3-27-67(28-4-1)101(71-59-61-93-95(63-71)99(85-43-19-11-35-77(85)78-36-12-20-44-86(78)99)91-49-25-23-47-89(91)97(93)81-39-15-7-31-73(81)74-32-8-16-40-82(74)97)69-55-51-65(52-56-69)66-53-57-70(58-54-66)102(68-29-5-2-6-30-68)72-60-62-94-96(64-72)100(87-45-21-13-37-79(87)80-38-14-22-46-88(80)100)92-50-26-24-48-90(92)98(94)83-41-17-9-33-75(83)76-34-10-18-42-84(76)98/h1-64H. The van der Waals surface area contributed by atoms with Gasteiger partial charge < -0.3 is 9.80 Å². The molecule has 0 saturated carbocycles. The maximum Gasteiger partial charge on any atom is 0.0720 e. The Hall–Kier alpha value is -12.9. The summed E-state index contributed by atoms with van der Waals surface area (Å²) in [5.41, 5.74) is 37.9. The van der Waals surface area contributed by atoms with Gasteiger partial charge in [-0.3, -0.25) is 0 Å². The summed E-state index contributed by atoms with van der Waals surface area (Å²) in [7, 11) is 0. The van der Waals surface area contributed by atoms with Crippen molar-refractivity contribution in [1.82, 2.24) is 0 Å². The highest BCUT2D eigenvalue weighted by atomic mass is 15.1. The second-order valence-corrected chi connectivity index (χ2v) is 28.4. The molecule has 2 nitrogen and oxygen atoms in total. The van der Waals surface area contributed by atoms with E-state index in [9.17, 15) is 0 Å². The highest BCUT2D eigenvalue weighted by molar-refractivity contribution is 5.98. The molecule has 0 bridgehead atoms. The lowest BCUT2D eigenvalue weighted by Gasteiger charge is -2.49. The van der Waals surface area contributed by atoms with E-state index in [0.717, 1.165) is 45.3 Å². The topological polar surface area (TPSA) is 6.48 Å². The molecule has 6 aliphatic rings. The second kappa shape index (κ2) is 21.3. The fraction of sp³-hybridized carbons (Fsp3) is 0.0400. The SMILES string of the molecule is c1ccc(N(c2ccc(-c3ccc(N(c4ccccc4)c4ccc5c(c4)C4(c6ccccc6-c6ccccc64)c4ccccc4C54c5ccccc5-c5ccccc54)cc3)cc2)c2ccc3c(c2)C2(c4ccccc4-c4ccccc42)c2ccccc2C32c3ccccc3-c3ccccc32)cc1. The van der Waals surface area contributed by atoms with Gasteiger partial charge in [-0.15, -0.1) is 0 Å². The Morgan fingerprint density at radius 3 is 0.549 bits per heavy atom. The molecule has 0 amide bonds. The predicted octanol–water partition coefficient (Wildman–Crippen LogP) is 24.4. The van der Waals surface area contributed by atoms with Crippen LogP contribution in [0.1, 0.15) is 89.0 Å². The molecule has 6 aliphatic carbocycles. The second-order valence-electron chi connectivity index (χ2n) is 28.4. The highest BCUT2D eigenvalue weighted by Gasteiger charge is 2.61. The van der Waals surface area contributed by atoms with Gasteiger partial charge in [0.25, 0.3) is 0 Å². The van der Waals surface area contributed by atoms with Gasteiger partial charge in [0, 0.05) is 34.1 Å². The van der Waals surface area contributed by atoms with Crippen LogP contribution >= 0.6 is 0 Å². The summed E-state index contributed by atoms with van der Waals surface area (Å²) >= 11 is 0. The molecular weight excluding hydrogens is 1230 g/mol. The lowest BCUT2D eigenvalue weighted by molar-refractivity contribution is 0.633. The van der Waals surface area contributed by atoms with Gasteiger partial charge >= 0.3 is 0 Å². The van der Waals surface area contributed by atoms with Gasteiger partial charge in [0.15, 0.2) is 0 Å². The van der Waals surface area contributed by atoms with E-state index in [2.05, 4.69) is 398 Å². The van der Waals surface area contributed by atoms with Gasteiger partial charge in [0.2, 0.25) is 0 Å². The summed E-state index contributed by atoms with van der Waals surface area (Å²) in [6, 6.07) is 148. The summed E-state index contributed by atoms with van der Waals surface area (Å²) in [4.78, 5) is 4.93. The lowest BCUT2D eigenvalue weighted by atomic mass is 9.52. The molecule has 16 aromatic carbocycles. The number of fused-ring (bicyclic) bond motifs is 32. The normalized spacial score (nSPS) is 14.8. The van der Waals surface area contributed by atoms with Crippen molar-refractivity contribution < 1.29 is 0 Å². The van der Waals surface area contributed by atoms with Crippen molar-refractivity contribution in [3.8, 4) is 55.6 Å². The number of nitrogens with zero attached hydrogens (tertiary/aromatic N) is 2. The molecule has 102 heavy (non-hydrogen) atoms. The van der Waals surface area contributed by atoms with Crippen LogP contribution in [0, 0.1) is 0 Å². The van der Waals surface area contributed by atoms with Gasteiger partial charge in [0.05, 0.1) is 21.7 Å². The molecule has 0 aromatic heterocycles. The molecule has 0 radical (unpaired) electrons. The number of para-hydroxylation sites is 2. The molecule has 474 valence electrons. The molecule has 0 unspecified atom stereocenters. The maximum atomic E-state index is 2.56. The van der Waals surface area contributed by atoms with Crippen molar-refractivity contribution in [2.24, 2.45) is 0 Å². The van der Waals surface area contributed by atoms with Crippen molar-refractivity contribution in [3.05, 3.63) is 477 Å². The minimum absolute atomic E-state index is 0.576.